The first-order chi connectivity index (χ1) is 12.2. The van der Waals surface area contributed by atoms with Gasteiger partial charge in [-0.05, 0) is 11.1 Å². The van der Waals surface area contributed by atoms with Gasteiger partial charge in [0.15, 0.2) is 0 Å². The number of hydrogen-bond donors (Lipinski definition) is 2. The molecule has 2 aromatic rings. The standard InChI is InChI=1S/C18H18N4O2S/c23-17(21-19-11-15-7-3-1-4-8-15)13-25-14-18(24)22-20-12-16-9-5-2-6-10-16/h1-12H,13-14H2,(H,21,23)(H,22,24)/b19-11-,20-12-. The van der Waals surface area contributed by atoms with E-state index in [1.54, 1.807) is 12.4 Å². The molecule has 0 unspecified atom stereocenters. The molecule has 0 saturated carbocycles. The van der Waals surface area contributed by atoms with E-state index in [4.69, 9.17) is 0 Å². The lowest BCUT2D eigenvalue weighted by atomic mass is 10.2. The van der Waals surface area contributed by atoms with Crippen molar-refractivity contribution in [1.82, 2.24) is 10.9 Å². The highest BCUT2D eigenvalue weighted by molar-refractivity contribution is 8.00. The number of amides is 2. The molecule has 0 saturated heterocycles. The number of rotatable bonds is 8. The van der Waals surface area contributed by atoms with Crippen molar-refractivity contribution in [1.29, 1.82) is 0 Å². The van der Waals surface area contributed by atoms with E-state index in [0.717, 1.165) is 11.1 Å². The monoisotopic (exact) mass is 354 g/mol. The highest BCUT2D eigenvalue weighted by atomic mass is 32.2. The van der Waals surface area contributed by atoms with Crippen LogP contribution in [0.3, 0.4) is 0 Å². The molecule has 0 radical (unpaired) electrons. The zero-order chi connectivity index (χ0) is 17.7. The molecule has 0 bridgehead atoms. The van der Waals surface area contributed by atoms with Crippen LogP contribution in [0.5, 0.6) is 0 Å². The Hall–Kier alpha value is -2.93. The van der Waals surface area contributed by atoms with E-state index in [1.807, 2.05) is 60.7 Å². The number of carbonyl (C=O) groups excluding carboxylic acids is 2. The van der Waals surface area contributed by atoms with Crippen LogP contribution in [-0.4, -0.2) is 35.7 Å². The summed E-state index contributed by atoms with van der Waals surface area (Å²) in [5.74, 6) is -0.250. The zero-order valence-corrected chi connectivity index (χ0v) is 14.3. The van der Waals surface area contributed by atoms with E-state index >= 15 is 0 Å². The minimum Gasteiger partial charge on any atom is -0.272 e. The van der Waals surface area contributed by atoms with Crippen LogP contribution in [0.1, 0.15) is 11.1 Å². The summed E-state index contributed by atoms with van der Waals surface area (Å²) in [6.45, 7) is 0. The van der Waals surface area contributed by atoms with Gasteiger partial charge in [-0.3, -0.25) is 9.59 Å². The second-order valence-corrected chi connectivity index (χ2v) is 5.89. The van der Waals surface area contributed by atoms with Crippen LogP contribution in [0, 0.1) is 0 Å². The van der Waals surface area contributed by atoms with Crippen molar-refractivity contribution in [2.75, 3.05) is 11.5 Å². The summed E-state index contributed by atoms with van der Waals surface area (Å²) in [7, 11) is 0. The molecule has 0 fully saturated rings. The Morgan fingerprint density at radius 3 is 1.56 bits per heavy atom. The van der Waals surface area contributed by atoms with E-state index < -0.39 is 0 Å². The largest absolute Gasteiger partial charge is 0.272 e. The van der Waals surface area contributed by atoms with Crippen LogP contribution >= 0.6 is 11.8 Å². The first-order valence-corrected chi connectivity index (χ1v) is 8.71. The Morgan fingerprint density at radius 2 is 1.16 bits per heavy atom. The fourth-order valence-corrected chi connectivity index (χ4v) is 2.34. The molecule has 0 aliphatic rings. The van der Waals surface area contributed by atoms with Crippen molar-refractivity contribution in [2.24, 2.45) is 10.2 Å². The van der Waals surface area contributed by atoms with Gasteiger partial charge in [0.1, 0.15) is 0 Å². The predicted octanol–water partition coefficient (Wildman–Crippen LogP) is 2.02. The number of hydrogen-bond acceptors (Lipinski definition) is 5. The van der Waals surface area contributed by atoms with Crippen LogP contribution in [0.15, 0.2) is 70.9 Å². The average Bonchev–Trinajstić information content (AvgIpc) is 2.63. The average molecular weight is 354 g/mol. The minimum atomic E-state index is -0.266. The van der Waals surface area contributed by atoms with Crippen LogP contribution in [0.4, 0.5) is 0 Å². The lowest BCUT2D eigenvalue weighted by Crippen LogP contribution is -2.23. The summed E-state index contributed by atoms with van der Waals surface area (Å²) >= 11 is 1.19. The third kappa shape index (κ3) is 7.94. The first-order valence-electron chi connectivity index (χ1n) is 7.56. The number of carbonyl (C=O) groups is 2. The van der Waals surface area contributed by atoms with Crippen molar-refractivity contribution >= 4 is 36.0 Å². The predicted molar refractivity (Wildman–Crippen MR) is 102 cm³/mol. The normalized spacial score (nSPS) is 10.9. The fraction of sp³-hybridized carbons (Fsp3) is 0.111. The van der Waals surface area contributed by atoms with Gasteiger partial charge in [0.25, 0.3) is 0 Å². The number of thioether (sulfide) groups is 1. The van der Waals surface area contributed by atoms with Gasteiger partial charge in [-0.1, -0.05) is 60.7 Å². The number of nitrogens with zero attached hydrogens (tertiary/aromatic N) is 2. The molecule has 0 aliphatic carbocycles. The van der Waals surface area contributed by atoms with Gasteiger partial charge >= 0.3 is 0 Å². The zero-order valence-electron chi connectivity index (χ0n) is 13.5. The Kier molecular flexibility index (Phi) is 7.93. The van der Waals surface area contributed by atoms with Gasteiger partial charge in [-0.15, -0.1) is 11.8 Å². The van der Waals surface area contributed by atoms with E-state index in [2.05, 4.69) is 21.1 Å². The fourth-order valence-electron chi connectivity index (χ4n) is 1.74. The second kappa shape index (κ2) is 10.8. The van der Waals surface area contributed by atoms with Crippen molar-refractivity contribution in [3.63, 3.8) is 0 Å². The molecule has 0 heterocycles. The maximum absolute atomic E-state index is 11.6. The quantitative estimate of drug-likeness (QED) is 0.562. The molecule has 0 spiro atoms. The molecule has 7 heteroatoms. The van der Waals surface area contributed by atoms with Crippen molar-refractivity contribution in [3.05, 3.63) is 71.8 Å². The summed E-state index contributed by atoms with van der Waals surface area (Å²) in [4.78, 5) is 23.2. The molecule has 6 nitrogen and oxygen atoms in total. The molecule has 25 heavy (non-hydrogen) atoms. The summed E-state index contributed by atoms with van der Waals surface area (Å²) in [5, 5.41) is 7.72. The summed E-state index contributed by atoms with van der Waals surface area (Å²) < 4.78 is 0. The van der Waals surface area contributed by atoms with Gasteiger partial charge in [-0.2, -0.15) is 10.2 Å². The van der Waals surface area contributed by atoms with Gasteiger partial charge in [0.05, 0.1) is 23.9 Å². The minimum absolute atomic E-state index is 0.141. The lowest BCUT2D eigenvalue weighted by Gasteiger charge is -2.00. The van der Waals surface area contributed by atoms with Gasteiger partial charge in [0.2, 0.25) is 11.8 Å². The van der Waals surface area contributed by atoms with Gasteiger partial charge in [-0.25, -0.2) is 10.9 Å². The van der Waals surface area contributed by atoms with Gasteiger partial charge < -0.3 is 0 Å². The summed E-state index contributed by atoms with van der Waals surface area (Å²) in [5.41, 5.74) is 6.62. The molecule has 0 aromatic heterocycles. The van der Waals surface area contributed by atoms with Crippen LogP contribution in [-0.2, 0) is 9.59 Å². The molecular weight excluding hydrogens is 336 g/mol. The lowest BCUT2D eigenvalue weighted by molar-refractivity contribution is -0.118. The molecule has 0 atom stereocenters. The summed E-state index contributed by atoms with van der Waals surface area (Å²) in [6.07, 6.45) is 3.13. The Morgan fingerprint density at radius 1 is 0.760 bits per heavy atom. The Labute approximate surface area is 150 Å². The van der Waals surface area contributed by atoms with Crippen molar-refractivity contribution < 1.29 is 9.59 Å². The molecule has 0 aliphatic heterocycles. The first kappa shape index (κ1) is 18.4. The summed E-state index contributed by atoms with van der Waals surface area (Å²) in [6, 6.07) is 18.9. The Balaban J connectivity index is 1.59. The van der Waals surface area contributed by atoms with Crippen LogP contribution in [0.25, 0.3) is 0 Å². The highest BCUT2D eigenvalue weighted by Crippen LogP contribution is 1.99. The highest BCUT2D eigenvalue weighted by Gasteiger charge is 2.04. The maximum Gasteiger partial charge on any atom is 0.250 e. The number of nitrogens with one attached hydrogen (secondary N) is 2. The van der Waals surface area contributed by atoms with Crippen LogP contribution < -0.4 is 10.9 Å². The van der Waals surface area contributed by atoms with E-state index in [1.165, 1.54) is 11.8 Å². The topological polar surface area (TPSA) is 82.9 Å². The third-order valence-electron chi connectivity index (χ3n) is 2.87. The Bertz CT molecular complexity index is 670. The molecule has 2 rings (SSSR count). The van der Waals surface area contributed by atoms with Crippen LogP contribution in [0.2, 0.25) is 0 Å². The molecule has 128 valence electrons. The van der Waals surface area contributed by atoms with Gasteiger partial charge in [0, 0.05) is 0 Å². The molecule has 2 N–H and O–H groups in total. The number of benzene rings is 2. The smallest absolute Gasteiger partial charge is 0.250 e. The maximum atomic E-state index is 11.6. The molecule has 2 amide bonds. The SMILES string of the molecule is O=C(CSCC(=O)N/N=C\c1ccccc1)N/N=C\c1ccccc1. The third-order valence-corrected chi connectivity index (χ3v) is 3.80. The second-order valence-electron chi connectivity index (χ2n) is 4.90. The van der Waals surface area contributed by atoms with E-state index in [9.17, 15) is 9.59 Å². The molecule has 2 aromatic carbocycles. The molecular formula is C18H18N4O2S. The number of hydrazone groups is 2. The van der Waals surface area contributed by atoms with Crippen molar-refractivity contribution in [3.8, 4) is 0 Å². The van der Waals surface area contributed by atoms with Crippen molar-refractivity contribution in [2.45, 2.75) is 0 Å². The van der Waals surface area contributed by atoms with E-state index in [-0.39, 0.29) is 23.3 Å². The van der Waals surface area contributed by atoms with E-state index in [0.29, 0.717) is 0 Å².